The molecule has 3 nitrogen and oxygen atoms in total. The Balaban J connectivity index is 1.81. The number of amides is 1. The van der Waals surface area contributed by atoms with Gasteiger partial charge in [-0.05, 0) is 25.3 Å². The lowest BCUT2D eigenvalue weighted by Gasteiger charge is -2.29. The fraction of sp³-hybridized carbons (Fsp3) is 0.438. The summed E-state index contributed by atoms with van der Waals surface area (Å²) in [5.74, 6) is 0.148. The Kier molecular flexibility index (Phi) is 4.74. The van der Waals surface area contributed by atoms with Gasteiger partial charge in [-0.15, -0.1) is 0 Å². The smallest absolute Gasteiger partial charge is 0.226 e. The first-order valence-corrected chi connectivity index (χ1v) is 6.84. The van der Waals surface area contributed by atoms with E-state index in [9.17, 15) is 9.90 Å². The summed E-state index contributed by atoms with van der Waals surface area (Å²) >= 11 is 0. The second-order valence-electron chi connectivity index (χ2n) is 5.13. The van der Waals surface area contributed by atoms with Gasteiger partial charge < -0.3 is 10.0 Å². The average Bonchev–Trinajstić information content (AvgIpc) is 2.41. The molecule has 1 fully saturated rings. The van der Waals surface area contributed by atoms with Gasteiger partial charge >= 0.3 is 0 Å². The van der Waals surface area contributed by atoms with E-state index in [1.807, 2.05) is 29.2 Å². The Labute approximate surface area is 114 Å². The van der Waals surface area contributed by atoms with Gasteiger partial charge in [0.25, 0.3) is 0 Å². The number of aliphatic hydroxyl groups is 1. The number of aryl methyl sites for hydroxylation is 1. The van der Waals surface area contributed by atoms with Gasteiger partial charge in [0.05, 0.1) is 6.10 Å². The van der Waals surface area contributed by atoms with Crippen molar-refractivity contribution in [3.05, 3.63) is 41.5 Å². The highest BCUT2D eigenvalue weighted by atomic mass is 16.3. The highest BCUT2D eigenvalue weighted by Crippen LogP contribution is 2.12. The molecule has 0 bridgehead atoms. The van der Waals surface area contributed by atoms with Crippen molar-refractivity contribution in [2.75, 3.05) is 13.1 Å². The first-order valence-electron chi connectivity index (χ1n) is 6.84. The van der Waals surface area contributed by atoms with Crippen molar-refractivity contribution in [2.24, 2.45) is 0 Å². The van der Waals surface area contributed by atoms with E-state index >= 15 is 0 Å². The van der Waals surface area contributed by atoms with E-state index in [1.165, 1.54) is 5.56 Å². The molecule has 1 amide bonds. The molecular formula is C16H21NO2. The largest absolute Gasteiger partial charge is 0.393 e. The maximum Gasteiger partial charge on any atom is 0.226 e. The minimum absolute atomic E-state index is 0.148. The van der Waals surface area contributed by atoms with Crippen molar-refractivity contribution in [1.29, 1.82) is 0 Å². The topological polar surface area (TPSA) is 40.5 Å². The molecule has 0 unspecified atom stereocenters. The van der Waals surface area contributed by atoms with Crippen molar-refractivity contribution < 1.29 is 9.90 Å². The minimum atomic E-state index is -0.229. The maximum atomic E-state index is 11.9. The van der Waals surface area contributed by atoms with Gasteiger partial charge in [0, 0.05) is 19.5 Å². The monoisotopic (exact) mass is 259 g/mol. The Morgan fingerprint density at radius 1 is 1.32 bits per heavy atom. The summed E-state index contributed by atoms with van der Waals surface area (Å²) in [6, 6.07) is 8.22. The lowest BCUT2D eigenvalue weighted by Crippen LogP contribution is -2.39. The molecule has 0 aromatic heterocycles. The predicted octanol–water partition coefficient (Wildman–Crippen LogP) is 2.38. The number of hydrogen-bond donors (Lipinski definition) is 1. The third-order valence-electron chi connectivity index (χ3n) is 3.50. The maximum absolute atomic E-state index is 11.9. The van der Waals surface area contributed by atoms with Crippen LogP contribution in [0.25, 0.3) is 6.08 Å². The van der Waals surface area contributed by atoms with Crippen LogP contribution in [0.2, 0.25) is 0 Å². The van der Waals surface area contributed by atoms with E-state index in [-0.39, 0.29) is 12.0 Å². The van der Waals surface area contributed by atoms with E-state index in [4.69, 9.17) is 0 Å². The molecule has 2 rings (SSSR count). The zero-order chi connectivity index (χ0) is 13.7. The van der Waals surface area contributed by atoms with Crippen LogP contribution in [0.1, 0.15) is 30.4 Å². The number of carbonyl (C=O) groups excluding carboxylic acids is 1. The molecule has 0 spiro atoms. The second-order valence-corrected chi connectivity index (χ2v) is 5.13. The van der Waals surface area contributed by atoms with E-state index in [1.54, 1.807) is 0 Å². The molecule has 0 saturated carbocycles. The van der Waals surface area contributed by atoms with Gasteiger partial charge in [0.1, 0.15) is 0 Å². The number of nitrogens with zero attached hydrogens (tertiary/aromatic N) is 1. The molecular weight excluding hydrogens is 238 g/mol. The van der Waals surface area contributed by atoms with E-state index in [2.05, 4.69) is 19.1 Å². The van der Waals surface area contributed by atoms with Crippen molar-refractivity contribution in [3.63, 3.8) is 0 Å². The molecule has 1 aromatic rings. The van der Waals surface area contributed by atoms with Gasteiger partial charge in [-0.2, -0.15) is 0 Å². The summed E-state index contributed by atoms with van der Waals surface area (Å²) in [5, 5.41) is 9.40. The molecule has 1 heterocycles. The molecule has 1 aliphatic rings. The molecule has 0 aliphatic carbocycles. The van der Waals surface area contributed by atoms with Crippen LogP contribution in [0.15, 0.2) is 30.3 Å². The zero-order valence-electron chi connectivity index (χ0n) is 11.4. The Morgan fingerprint density at radius 3 is 2.58 bits per heavy atom. The fourth-order valence-corrected chi connectivity index (χ4v) is 2.22. The number of piperidine rings is 1. The van der Waals surface area contributed by atoms with Gasteiger partial charge in [-0.3, -0.25) is 4.79 Å². The highest BCUT2D eigenvalue weighted by Gasteiger charge is 2.19. The number of carbonyl (C=O) groups is 1. The van der Waals surface area contributed by atoms with Crippen molar-refractivity contribution in [2.45, 2.75) is 32.3 Å². The molecule has 19 heavy (non-hydrogen) atoms. The zero-order valence-corrected chi connectivity index (χ0v) is 11.4. The third-order valence-corrected chi connectivity index (χ3v) is 3.50. The molecule has 0 atom stereocenters. The lowest BCUT2D eigenvalue weighted by atomic mass is 10.1. The first-order chi connectivity index (χ1) is 9.15. The first kappa shape index (κ1) is 13.8. The number of hydrogen-bond acceptors (Lipinski definition) is 2. The molecule has 0 radical (unpaired) electrons. The quantitative estimate of drug-likeness (QED) is 0.905. The third kappa shape index (κ3) is 4.21. The summed E-state index contributed by atoms with van der Waals surface area (Å²) in [6.07, 6.45) is 5.51. The summed E-state index contributed by atoms with van der Waals surface area (Å²) in [7, 11) is 0. The SMILES string of the molecule is Cc1ccc(C=CCC(=O)N2CCC(O)CC2)cc1. The predicted molar refractivity (Wildman–Crippen MR) is 76.7 cm³/mol. The molecule has 1 aromatic carbocycles. The van der Waals surface area contributed by atoms with Crippen LogP contribution < -0.4 is 0 Å². The average molecular weight is 259 g/mol. The van der Waals surface area contributed by atoms with Gasteiger partial charge in [-0.25, -0.2) is 0 Å². The van der Waals surface area contributed by atoms with Crippen molar-refractivity contribution in [3.8, 4) is 0 Å². The molecule has 3 heteroatoms. The van der Waals surface area contributed by atoms with E-state index < -0.39 is 0 Å². The molecule has 1 saturated heterocycles. The highest BCUT2D eigenvalue weighted by molar-refractivity contribution is 5.78. The van der Waals surface area contributed by atoms with Crippen molar-refractivity contribution in [1.82, 2.24) is 4.90 Å². The van der Waals surface area contributed by atoms with Crippen LogP contribution in [0.3, 0.4) is 0 Å². The lowest BCUT2D eigenvalue weighted by molar-refractivity contribution is -0.132. The number of likely N-dealkylation sites (tertiary alicyclic amines) is 1. The second kappa shape index (κ2) is 6.53. The van der Waals surface area contributed by atoms with Crippen LogP contribution in [0.4, 0.5) is 0 Å². The van der Waals surface area contributed by atoms with Gasteiger partial charge in [0.15, 0.2) is 0 Å². The standard InChI is InChI=1S/C16H21NO2/c1-13-5-7-14(8-6-13)3-2-4-16(19)17-11-9-15(18)10-12-17/h2-3,5-8,15,18H,4,9-12H2,1H3. The van der Waals surface area contributed by atoms with Crippen LogP contribution in [-0.2, 0) is 4.79 Å². The van der Waals surface area contributed by atoms with Gasteiger partial charge in [-0.1, -0.05) is 42.0 Å². The Hall–Kier alpha value is -1.61. The van der Waals surface area contributed by atoms with Gasteiger partial charge in [0.2, 0.25) is 5.91 Å². The number of aliphatic hydroxyl groups excluding tert-OH is 1. The van der Waals surface area contributed by atoms with Crippen LogP contribution >= 0.6 is 0 Å². The molecule has 1 N–H and O–H groups in total. The van der Waals surface area contributed by atoms with E-state index in [0.717, 1.165) is 5.56 Å². The van der Waals surface area contributed by atoms with E-state index in [0.29, 0.717) is 32.4 Å². The Morgan fingerprint density at radius 2 is 1.95 bits per heavy atom. The fourth-order valence-electron chi connectivity index (χ4n) is 2.22. The normalized spacial score (nSPS) is 17.1. The number of benzene rings is 1. The van der Waals surface area contributed by atoms with Crippen LogP contribution in [0.5, 0.6) is 0 Å². The summed E-state index contributed by atoms with van der Waals surface area (Å²) in [4.78, 5) is 13.8. The summed E-state index contributed by atoms with van der Waals surface area (Å²) in [6.45, 7) is 3.42. The molecule has 102 valence electrons. The minimum Gasteiger partial charge on any atom is -0.393 e. The molecule has 1 aliphatic heterocycles. The van der Waals surface area contributed by atoms with Crippen LogP contribution in [-0.4, -0.2) is 35.1 Å². The Bertz CT molecular complexity index is 442. The summed E-state index contributed by atoms with van der Waals surface area (Å²) in [5.41, 5.74) is 2.35. The number of rotatable bonds is 3. The van der Waals surface area contributed by atoms with Crippen molar-refractivity contribution >= 4 is 12.0 Å². The summed E-state index contributed by atoms with van der Waals surface area (Å²) < 4.78 is 0. The van der Waals surface area contributed by atoms with Crippen LogP contribution in [0, 0.1) is 6.92 Å².